The van der Waals surface area contributed by atoms with Crippen LogP contribution in [0.25, 0.3) is 32.7 Å². The van der Waals surface area contributed by atoms with E-state index in [2.05, 4.69) is 42.5 Å². The van der Waals surface area contributed by atoms with Crippen LogP contribution in [0.5, 0.6) is 0 Å². The summed E-state index contributed by atoms with van der Waals surface area (Å²) in [5, 5.41) is 5.59. The van der Waals surface area contributed by atoms with Crippen LogP contribution in [0.3, 0.4) is 0 Å². The minimum atomic E-state index is 0.0699. The highest BCUT2D eigenvalue weighted by Crippen LogP contribution is 2.45. The van der Waals surface area contributed by atoms with E-state index >= 15 is 0 Å². The third kappa shape index (κ3) is 2.65. The molecule has 0 radical (unpaired) electrons. The third-order valence-electron chi connectivity index (χ3n) is 6.02. The predicted molar refractivity (Wildman–Crippen MR) is 119 cm³/mol. The molecule has 0 heterocycles. The number of rotatable bonds is 2. The quantitative estimate of drug-likeness (QED) is 0.260. The van der Waals surface area contributed by atoms with Crippen molar-refractivity contribution in [3.8, 4) is 11.1 Å². The molecule has 0 saturated carbocycles. The van der Waals surface area contributed by atoms with E-state index in [0.717, 1.165) is 34.4 Å². The maximum atomic E-state index is 11.9. The Balaban J connectivity index is 1.94. The number of fused-ring (bicyclic) bond motifs is 5. The smallest absolute Gasteiger partial charge is 0.159 e. The number of hydrogen-bond donors (Lipinski definition) is 0. The lowest BCUT2D eigenvalue weighted by Crippen LogP contribution is -2.04. The molecule has 0 fully saturated rings. The summed E-state index contributed by atoms with van der Waals surface area (Å²) in [4.78, 5) is 11.9. The standard InChI is InChI=1S/C26H21ClO/c1-16(28)18-8-6-9-19(15-18)24-22-12-5-4-11-21(22)23-14-13-17-7-2-3-10-20(17)25(23)26(24)27/h4-6,8-9,11-15H,2-3,7,10H2,1H3. The van der Waals surface area contributed by atoms with Crippen molar-refractivity contribution in [2.75, 3.05) is 0 Å². The van der Waals surface area contributed by atoms with Crippen LogP contribution in [0.1, 0.15) is 41.3 Å². The van der Waals surface area contributed by atoms with Crippen LogP contribution in [0.2, 0.25) is 5.02 Å². The van der Waals surface area contributed by atoms with E-state index in [0.29, 0.717) is 5.56 Å². The third-order valence-corrected chi connectivity index (χ3v) is 6.39. The van der Waals surface area contributed by atoms with E-state index < -0.39 is 0 Å². The Labute approximate surface area is 170 Å². The molecule has 0 atom stereocenters. The number of carbonyl (C=O) groups is 1. The minimum Gasteiger partial charge on any atom is -0.295 e. The molecule has 5 rings (SSSR count). The Kier molecular flexibility index (Phi) is 4.21. The van der Waals surface area contributed by atoms with Gasteiger partial charge in [0.2, 0.25) is 0 Å². The Hall–Kier alpha value is -2.64. The Morgan fingerprint density at radius 1 is 0.857 bits per heavy atom. The highest BCUT2D eigenvalue weighted by molar-refractivity contribution is 6.42. The summed E-state index contributed by atoms with van der Waals surface area (Å²) < 4.78 is 0. The van der Waals surface area contributed by atoms with Crippen molar-refractivity contribution in [2.24, 2.45) is 0 Å². The summed E-state index contributed by atoms with van der Waals surface area (Å²) in [6.07, 6.45) is 4.67. The van der Waals surface area contributed by atoms with Gasteiger partial charge in [-0.2, -0.15) is 0 Å². The van der Waals surface area contributed by atoms with Crippen molar-refractivity contribution in [3.63, 3.8) is 0 Å². The van der Waals surface area contributed by atoms with Crippen LogP contribution in [0.15, 0.2) is 60.7 Å². The second-order valence-electron chi connectivity index (χ2n) is 7.70. The van der Waals surface area contributed by atoms with Crippen molar-refractivity contribution in [3.05, 3.63) is 82.4 Å². The summed E-state index contributed by atoms with van der Waals surface area (Å²) in [5.41, 5.74) is 5.59. The maximum Gasteiger partial charge on any atom is 0.159 e. The SMILES string of the molecule is CC(=O)c1cccc(-c2c(Cl)c3c4c(ccc3c3ccccc23)CCCC4)c1. The Morgan fingerprint density at radius 3 is 2.46 bits per heavy atom. The molecule has 0 amide bonds. The van der Waals surface area contributed by atoms with Crippen LogP contribution in [0, 0.1) is 0 Å². The zero-order valence-electron chi connectivity index (χ0n) is 15.9. The number of ketones is 1. The number of aryl methyl sites for hydroxylation is 2. The van der Waals surface area contributed by atoms with Gasteiger partial charge in [0.15, 0.2) is 5.78 Å². The zero-order chi connectivity index (χ0) is 19.3. The van der Waals surface area contributed by atoms with E-state index in [9.17, 15) is 4.79 Å². The largest absolute Gasteiger partial charge is 0.295 e. The molecule has 0 spiro atoms. The van der Waals surface area contributed by atoms with Crippen LogP contribution < -0.4 is 0 Å². The maximum absolute atomic E-state index is 11.9. The van der Waals surface area contributed by atoms with Gasteiger partial charge in [-0.1, -0.05) is 66.2 Å². The lowest BCUT2D eigenvalue weighted by atomic mass is 9.84. The summed E-state index contributed by atoms with van der Waals surface area (Å²) in [7, 11) is 0. The monoisotopic (exact) mass is 384 g/mol. The number of halogens is 1. The fraction of sp³-hybridized carbons (Fsp3) is 0.192. The van der Waals surface area contributed by atoms with Crippen LogP contribution in [-0.4, -0.2) is 5.78 Å². The second kappa shape index (κ2) is 6.76. The summed E-state index contributed by atoms with van der Waals surface area (Å²) >= 11 is 7.14. The van der Waals surface area contributed by atoms with Gasteiger partial charge in [0.1, 0.15) is 0 Å². The highest BCUT2D eigenvalue weighted by atomic mass is 35.5. The molecule has 0 aliphatic heterocycles. The van der Waals surface area contributed by atoms with Crippen LogP contribution >= 0.6 is 11.6 Å². The van der Waals surface area contributed by atoms with Gasteiger partial charge in [0, 0.05) is 16.5 Å². The molecular formula is C26H21ClO. The Morgan fingerprint density at radius 2 is 1.64 bits per heavy atom. The number of hydrogen-bond acceptors (Lipinski definition) is 1. The number of carbonyl (C=O) groups excluding carboxylic acids is 1. The molecule has 0 saturated heterocycles. The van der Waals surface area contributed by atoms with Crippen molar-refractivity contribution in [1.29, 1.82) is 0 Å². The molecule has 28 heavy (non-hydrogen) atoms. The number of Topliss-reactive ketones (excluding diaryl/α,β-unsaturated/α-hetero) is 1. The molecule has 1 aliphatic carbocycles. The molecule has 4 aromatic rings. The summed E-state index contributed by atoms with van der Waals surface area (Å²) in [6.45, 7) is 1.61. The highest BCUT2D eigenvalue weighted by Gasteiger charge is 2.20. The molecule has 4 aromatic carbocycles. The molecule has 2 heteroatoms. The van der Waals surface area contributed by atoms with Crippen molar-refractivity contribution in [1.82, 2.24) is 0 Å². The van der Waals surface area contributed by atoms with Crippen molar-refractivity contribution in [2.45, 2.75) is 32.6 Å². The van der Waals surface area contributed by atoms with Gasteiger partial charge in [-0.15, -0.1) is 0 Å². The predicted octanol–water partition coefficient (Wildman–Crippen LogP) is 7.39. The average molecular weight is 385 g/mol. The first kappa shape index (κ1) is 17.5. The second-order valence-corrected chi connectivity index (χ2v) is 8.08. The van der Waals surface area contributed by atoms with Crippen molar-refractivity contribution >= 4 is 38.9 Å². The molecular weight excluding hydrogens is 364 g/mol. The van der Waals surface area contributed by atoms with Gasteiger partial charge >= 0.3 is 0 Å². The van der Waals surface area contributed by atoms with E-state index in [1.807, 2.05) is 18.2 Å². The first-order chi connectivity index (χ1) is 13.6. The average Bonchev–Trinajstić information content (AvgIpc) is 2.73. The van der Waals surface area contributed by atoms with Gasteiger partial charge in [-0.25, -0.2) is 0 Å². The van der Waals surface area contributed by atoms with Crippen LogP contribution in [-0.2, 0) is 12.8 Å². The number of benzene rings is 4. The lowest BCUT2D eigenvalue weighted by molar-refractivity contribution is 0.101. The van der Waals surface area contributed by atoms with Gasteiger partial charge in [0.05, 0.1) is 5.02 Å². The summed E-state index contributed by atoms with van der Waals surface area (Å²) in [5.74, 6) is 0.0699. The molecule has 138 valence electrons. The lowest BCUT2D eigenvalue weighted by Gasteiger charge is -2.22. The molecule has 0 N–H and O–H groups in total. The minimum absolute atomic E-state index is 0.0699. The van der Waals surface area contributed by atoms with Crippen molar-refractivity contribution < 1.29 is 4.79 Å². The molecule has 0 aromatic heterocycles. The first-order valence-corrected chi connectivity index (χ1v) is 10.3. The molecule has 1 nitrogen and oxygen atoms in total. The topological polar surface area (TPSA) is 17.1 Å². The summed E-state index contributed by atoms with van der Waals surface area (Å²) in [6, 6.07) is 20.8. The van der Waals surface area contributed by atoms with Gasteiger partial charge in [-0.05, 0) is 71.5 Å². The van der Waals surface area contributed by atoms with E-state index in [1.54, 1.807) is 6.92 Å². The van der Waals surface area contributed by atoms with E-state index in [4.69, 9.17) is 11.6 Å². The first-order valence-electron chi connectivity index (χ1n) is 9.91. The van der Waals surface area contributed by atoms with Gasteiger partial charge in [0.25, 0.3) is 0 Å². The van der Waals surface area contributed by atoms with E-state index in [-0.39, 0.29) is 5.78 Å². The molecule has 0 bridgehead atoms. The van der Waals surface area contributed by atoms with Gasteiger partial charge in [-0.3, -0.25) is 4.79 Å². The molecule has 0 unspecified atom stereocenters. The molecule has 1 aliphatic rings. The Bertz CT molecular complexity index is 1250. The van der Waals surface area contributed by atoms with Gasteiger partial charge < -0.3 is 0 Å². The normalized spacial score (nSPS) is 13.6. The zero-order valence-corrected chi connectivity index (χ0v) is 16.6. The van der Waals surface area contributed by atoms with Crippen LogP contribution in [0.4, 0.5) is 0 Å². The van der Waals surface area contributed by atoms with E-state index in [1.165, 1.54) is 40.1 Å². The fourth-order valence-corrected chi connectivity index (χ4v) is 5.09. The fourth-order valence-electron chi connectivity index (χ4n) is 4.66.